The lowest BCUT2D eigenvalue weighted by molar-refractivity contribution is -0.118. The van der Waals surface area contributed by atoms with Gasteiger partial charge in [-0.3, -0.25) is 9.78 Å². The second-order valence-corrected chi connectivity index (χ2v) is 5.90. The van der Waals surface area contributed by atoms with Gasteiger partial charge in [-0.2, -0.15) is 0 Å². The third-order valence-electron chi connectivity index (χ3n) is 3.43. The Morgan fingerprint density at radius 1 is 1.42 bits per heavy atom. The zero-order chi connectivity index (χ0) is 13.5. The molecular formula is C14H20N2O2S. The summed E-state index contributed by atoms with van der Waals surface area (Å²) < 4.78 is 0. The van der Waals surface area contributed by atoms with E-state index in [1.54, 1.807) is 24.2 Å². The monoisotopic (exact) mass is 280 g/mol. The van der Waals surface area contributed by atoms with Crippen molar-refractivity contribution in [3.05, 3.63) is 30.1 Å². The van der Waals surface area contributed by atoms with E-state index in [0.717, 1.165) is 25.0 Å². The molecule has 0 bridgehead atoms. The van der Waals surface area contributed by atoms with Gasteiger partial charge in [0, 0.05) is 30.6 Å². The molecule has 1 aliphatic carbocycles. The summed E-state index contributed by atoms with van der Waals surface area (Å²) in [5.74, 6) is 1.58. The Bertz CT molecular complexity index is 400. The van der Waals surface area contributed by atoms with E-state index in [-0.39, 0.29) is 17.9 Å². The summed E-state index contributed by atoms with van der Waals surface area (Å²) in [5, 5.41) is 12.6. The number of thioether (sulfide) groups is 1. The van der Waals surface area contributed by atoms with Gasteiger partial charge in [-0.25, -0.2) is 0 Å². The van der Waals surface area contributed by atoms with Crippen molar-refractivity contribution in [1.82, 2.24) is 10.3 Å². The fraction of sp³-hybridized carbons (Fsp3) is 0.571. The number of amides is 1. The minimum atomic E-state index is -0.232. The summed E-state index contributed by atoms with van der Waals surface area (Å²) in [6, 6.07) is 3.92. The summed E-state index contributed by atoms with van der Waals surface area (Å²) in [6.07, 6.45) is 6.25. The van der Waals surface area contributed by atoms with Crippen molar-refractivity contribution in [2.24, 2.45) is 5.92 Å². The van der Waals surface area contributed by atoms with E-state index < -0.39 is 0 Å². The second kappa shape index (κ2) is 7.50. The van der Waals surface area contributed by atoms with Crippen LogP contribution in [0.15, 0.2) is 24.5 Å². The van der Waals surface area contributed by atoms with Crippen molar-refractivity contribution < 1.29 is 9.90 Å². The Kier molecular flexibility index (Phi) is 5.66. The molecule has 1 aliphatic rings. The van der Waals surface area contributed by atoms with Gasteiger partial charge in [0.2, 0.25) is 5.91 Å². The van der Waals surface area contributed by atoms with E-state index in [0.29, 0.717) is 12.3 Å². The Labute approximate surface area is 118 Å². The molecule has 1 aromatic heterocycles. The van der Waals surface area contributed by atoms with E-state index in [9.17, 15) is 9.90 Å². The van der Waals surface area contributed by atoms with Crippen LogP contribution in [0.3, 0.4) is 0 Å². The highest BCUT2D eigenvalue weighted by Crippen LogP contribution is 2.24. The van der Waals surface area contributed by atoms with Crippen molar-refractivity contribution in [3.63, 3.8) is 0 Å². The van der Waals surface area contributed by atoms with Crippen LogP contribution < -0.4 is 5.32 Å². The SMILES string of the molecule is O=C(CSCc1ccncc1)NCC1CCCC1O. The van der Waals surface area contributed by atoms with E-state index in [1.807, 2.05) is 12.1 Å². The fourth-order valence-electron chi connectivity index (χ4n) is 2.29. The van der Waals surface area contributed by atoms with E-state index >= 15 is 0 Å². The van der Waals surface area contributed by atoms with Gasteiger partial charge in [-0.15, -0.1) is 11.8 Å². The maximum atomic E-state index is 11.7. The topological polar surface area (TPSA) is 62.2 Å². The normalized spacial score (nSPS) is 22.4. The largest absolute Gasteiger partial charge is 0.393 e. The number of rotatable bonds is 6. The predicted octanol–water partition coefficient (Wildman–Crippen LogP) is 1.59. The molecule has 0 aromatic carbocycles. The van der Waals surface area contributed by atoms with Crippen molar-refractivity contribution in [2.75, 3.05) is 12.3 Å². The van der Waals surface area contributed by atoms with Crippen LogP contribution in [0, 0.1) is 5.92 Å². The lowest BCUT2D eigenvalue weighted by Gasteiger charge is -2.14. The molecule has 2 N–H and O–H groups in total. The molecule has 0 saturated heterocycles. The van der Waals surface area contributed by atoms with Gasteiger partial charge in [-0.05, 0) is 30.5 Å². The van der Waals surface area contributed by atoms with Gasteiger partial charge in [0.15, 0.2) is 0 Å². The third kappa shape index (κ3) is 4.84. The number of aliphatic hydroxyl groups excluding tert-OH is 1. The Balaban J connectivity index is 1.59. The first-order valence-corrected chi connectivity index (χ1v) is 7.82. The number of nitrogens with one attached hydrogen (secondary N) is 1. The highest BCUT2D eigenvalue weighted by molar-refractivity contribution is 7.99. The molecule has 0 aliphatic heterocycles. The number of carbonyl (C=O) groups excluding carboxylic acids is 1. The summed E-state index contributed by atoms with van der Waals surface area (Å²) in [4.78, 5) is 15.6. The van der Waals surface area contributed by atoms with Crippen LogP contribution in [0.4, 0.5) is 0 Å². The first kappa shape index (κ1) is 14.3. The first-order chi connectivity index (χ1) is 9.25. The molecule has 4 nitrogen and oxygen atoms in total. The summed E-state index contributed by atoms with van der Waals surface area (Å²) in [6.45, 7) is 0.607. The predicted molar refractivity (Wildman–Crippen MR) is 76.8 cm³/mol. The number of aliphatic hydroxyl groups is 1. The minimum absolute atomic E-state index is 0.0538. The first-order valence-electron chi connectivity index (χ1n) is 6.67. The van der Waals surface area contributed by atoms with E-state index in [1.165, 1.54) is 5.56 Å². The standard InChI is InChI=1S/C14H20N2O2S/c17-13-3-1-2-12(13)8-16-14(18)10-19-9-11-4-6-15-7-5-11/h4-7,12-13,17H,1-3,8-10H2,(H,16,18). The average molecular weight is 280 g/mol. The van der Waals surface area contributed by atoms with Crippen LogP contribution >= 0.6 is 11.8 Å². The Hall–Kier alpha value is -1.07. The van der Waals surface area contributed by atoms with Crippen molar-refractivity contribution in [3.8, 4) is 0 Å². The van der Waals surface area contributed by atoms with Gasteiger partial charge in [-0.1, -0.05) is 6.42 Å². The second-order valence-electron chi connectivity index (χ2n) is 4.91. The van der Waals surface area contributed by atoms with Crippen LogP contribution in [0.1, 0.15) is 24.8 Å². The molecule has 5 heteroatoms. The van der Waals surface area contributed by atoms with E-state index in [2.05, 4.69) is 10.3 Å². The number of hydrogen-bond acceptors (Lipinski definition) is 4. The highest BCUT2D eigenvalue weighted by atomic mass is 32.2. The maximum Gasteiger partial charge on any atom is 0.230 e. The van der Waals surface area contributed by atoms with Gasteiger partial charge >= 0.3 is 0 Å². The number of pyridine rings is 1. The number of aromatic nitrogens is 1. The minimum Gasteiger partial charge on any atom is -0.393 e. The quantitative estimate of drug-likeness (QED) is 0.831. The van der Waals surface area contributed by atoms with Crippen LogP contribution in [0.25, 0.3) is 0 Å². The molecular weight excluding hydrogens is 260 g/mol. The Morgan fingerprint density at radius 2 is 2.21 bits per heavy atom. The molecule has 0 spiro atoms. The van der Waals surface area contributed by atoms with Crippen LogP contribution in [-0.4, -0.2) is 34.4 Å². The van der Waals surface area contributed by atoms with Crippen molar-refractivity contribution in [1.29, 1.82) is 0 Å². The van der Waals surface area contributed by atoms with Crippen molar-refractivity contribution >= 4 is 17.7 Å². The lowest BCUT2D eigenvalue weighted by Crippen LogP contribution is -2.33. The number of nitrogens with zero attached hydrogens (tertiary/aromatic N) is 1. The average Bonchev–Trinajstić information content (AvgIpc) is 2.83. The zero-order valence-corrected chi connectivity index (χ0v) is 11.7. The van der Waals surface area contributed by atoms with Crippen LogP contribution in [0.5, 0.6) is 0 Å². The zero-order valence-electron chi connectivity index (χ0n) is 10.9. The molecule has 1 aromatic rings. The molecule has 2 rings (SSSR count). The van der Waals surface area contributed by atoms with Gasteiger partial charge < -0.3 is 10.4 Å². The summed E-state index contributed by atoms with van der Waals surface area (Å²) in [7, 11) is 0. The smallest absolute Gasteiger partial charge is 0.230 e. The van der Waals surface area contributed by atoms with Gasteiger partial charge in [0.1, 0.15) is 0 Å². The molecule has 1 heterocycles. The highest BCUT2D eigenvalue weighted by Gasteiger charge is 2.25. The van der Waals surface area contributed by atoms with Gasteiger partial charge in [0.05, 0.1) is 11.9 Å². The molecule has 19 heavy (non-hydrogen) atoms. The Morgan fingerprint density at radius 3 is 2.89 bits per heavy atom. The fourth-order valence-corrected chi connectivity index (χ4v) is 3.11. The molecule has 1 amide bonds. The number of hydrogen-bond donors (Lipinski definition) is 2. The van der Waals surface area contributed by atoms with Crippen LogP contribution in [0.2, 0.25) is 0 Å². The van der Waals surface area contributed by atoms with Gasteiger partial charge in [0.25, 0.3) is 0 Å². The van der Waals surface area contributed by atoms with E-state index in [4.69, 9.17) is 0 Å². The molecule has 104 valence electrons. The maximum absolute atomic E-state index is 11.7. The molecule has 2 unspecified atom stereocenters. The number of carbonyl (C=O) groups is 1. The summed E-state index contributed by atoms with van der Waals surface area (Å²) in [5.41, 5.74) is 1.18. The van der Waals surface area contributed by atoms with Crippen LogP contribution in [-0.2, 0) is 10.5 Å². The molecule has 1 saturated carbocycles. The molecule has 0 radical (unpaired) electrons. The molecule has 1 fully saturated rings. The summed E-state index contributed by atoms with van der Waals surface area (Å²) >= 11 is 1.60. The third-order valence-corrected chi connectivity index (χ3v) is 4.44. The molecule has 2 atom stereocenters. The lowest BCUT2D eigenvalue weighted by atomic mass is 10.1. The van der Waals surface area contributed by atoms with Crippen molar-refractivity contribution in [2.45, 2.75) is 31.1 Å².